The van der Waals surface area contributed by atoms with Gasteiger partial charge in [-0.05, 0) is 17.7 Å². The Morgan fingerprint density at radius 1 is 0.893 bits per heavy atom. The molecule has 138 valence electrons. The third-order valence-electron chi connectivity index (χ3n) is 4.09. The van der Waals surface area contributed by atoms with Crippen molar-refractivity contribution >= 4 is 22.7 Å². The van der Waals surface area contributed by atoms with Gasteiger partial charge in [0.1, 0.15) is 12.4 Å². The van der Waals surface area contributed by atoms with Gasteiger partial charge in [0.05, 0.1) is 11.9 Å². The van der Waals surface area contributed by atoms with Crippen molar-refractivity contribution in [3.05, 3.63) is 101 Å². The van der Waals surface area contributed by atoms with E-state index in [1.807, 2.05) is 90.3 Å². The molecule has 0 radical (unpaired) electrons. The normalized spacial score (nSPS) is 10.9. The van der Waals surface area contributed by atoms with Crippen LogP contribution in [-0.4, -0.2) is 11.2 Å². The minimum absolute atomic E-state index is 0.520. The number of ether oxygens (including phenoxy) is 1. The Kier molecular flexibility index (Phi) is 5.75. The van der Waals surface area contributed by atoms with E-state index in [9.17, 15) is 0 Å². The second-order valence-corrected chi connectivity index (χ2v) is 6.94. The fourth-order valence-electron chi connectivity index (χ4n) is 2.68. The van der Waals surface area contributed by atoms with Crippen molar-refractivity contribution in [3.8, 4) is 17.0 Å². The van der Waals surface area contributed by atoms with Gasteiger partial charge in [-0.15, -0.1) is 11.3 Å². The molecule has 3 aromatic carbocycles. The molecule has 4 rings (SSSR count). The smallest absolute Gasteiger partial charge is 0.203 e. The Hall–Kier alpha value is -3.44. The highest BCUT2D eigenvalue weighted by Crippen LogP contribution is 2.24. The first-order valence-electron chi connectivity index (χ1n) is 8.94. The van der Waals surface area contributed by atoms with E-state index in [1.165, 1.54) is 11.3 Å². The number of nitrogens with zero attached hydrogens (tertiary/aromatic N) is 2. The summed E-state index contributed by atoms with van der Waals surface area (Å²) in [5, 5.41) is 7.09. The summed E-state index contributed by atoms with van der Waals surface area (Å²) in [4.78, 5) is 4.57. The molecule has 0 spiro atoms. The standard InChI is InChI=1S/C23H19N3OS/c1-3-9-18(10-4-1)16-27-22-14-8-7-13-20(22)15-24-26-23-25-21(17-28-23)19-11-5-2-6-12-19/h1-15,17H,16H2,(H,25,26). The van der Waals surface area contributed by atoms with Crippen LogP contribution in [0.4, 0.5) is 5.13 Å². The number of thiazole rings is 1. The largest absolute Gasteiger partial charge is 0.488 e. The SMILES string of the molecule is C(=NNc1nc(-c2ccccc2)cs1)c1ccccc1OCc1ccccc1. The van der Waals surface area contributed by atoms with Crippen LogP contribution in [0.5, 0.6) is 5.75 Å². The lowest BCUT2D eigenvalue weighted by Crippen LogP contribution is -1.99. The van der Waals surface area contributed by atoms with Crippen LogP contribution in [-0.2, 0) is 6.61 Å². The zero-order chi connectivity index (χ0) is 19.0. The summed E-state index contributed by atoms with van der Waals surface area (Å²) >= 11 is 1.52. The number of para-hydroxylation sites is 1. The van der Waals surface area contributed by atoms with E-state index in [0.29, 0.717) is 6.61 Å². The van der Waals surface area contributed by atoms with Crippen LogP contribution in [0.15, 0.2) is 95.4 Å². The molecule has 0 saturated heterocycles. The predicted molar refractivity (Wildman–Crippen MR) is 116 cm³/mol. The average Bonchev–Trinajstić information content (AvgIpc) is 3.23. The van der Waals surface area contributed by atoms with Crippen molar-refractivity contribution in [2.75, 3.05) is 5.43 Å². The van der Waals surface area contributed by atoms with E-state index in [1.54, 1.807) is 6.21 Å². The molecule has 0 aliphatic carbocycles. The predicted octanol–water partition coefficient (Wildman–Crippen LogP) is 5.84. The first-order chi connectivity index (χ1) is 13.9. The summed E-state index contributed by atoms with van der Waals surface area (Å²) in [6, 6.07) is 28.0. The number of aromatic nitrogens is 1. The van der Waals surface area contributed by atoms with Gasteiger partial charge in [0.2, 0.25) is 5.13 Å². The van der Waals surface area contributed by atoms with Crippen LogP contribution in [0, 0.1) is 0 Å². The molecule has 0 unspecified atom stereocenters. The summed E-state index contributed by atoms with van der Waals surface area (Å²) in [6.07, 6.45) is 1.75. The molecule has 1 N–H and O–H groups in total. The number of rotatable bonds is 7. The van der Waals surface area contributed by atoms with Crippen molar-refractivity contribution in [1.29, 1.82) is 0 Å². The molecular formula is C23H19N3OS. The number of benzene rings is 3. The number of hydrogen-bond donors (Lipinski definition) is 1. The maximum atomic E-state index is 5.96. The highest BCUT2D eigenvalue weighted by atomic mass is 32.1. The molecule has 4 aromatic rings. The maximum Gasteiger partial charge on any atom is 0.203 e. The number of nitrogens with one attached hydrogen (secondary N) is 1. The Morgan fingerprint density at radius 2 is 1.61 bits per heavy atom. The van der Waals surface area contributed by atoms with E-state index in [-0.39, 0.29) is 0 Å². The first-order valence-corrected chi connectivity index (χ1v) is 9.82. The third-order valence-corrected chi connectivity index (χ3v) is 4.84. The zero-order valence-electron chi connectivity index (χ0n) is 15.2. The van der Waals surface area contributed by atoms with E-state index >= 15 is 0 Å². The lowest BCUT2D eigenvalue weighted by molar-refractivity contribution is 0.306. The van der Waals surface area contributed by atoms with Crippen LogP contribution < -0.4 is 10.2 Å². The van der Waals surface area contributed by atoms with Gasteiger partial charge in [-0.1, -0.05) is 72.8 Å². The van der Waals surface area contributed by atoms with Gasteiger partial charge in [-0.2, -0.15) is 5.10 Å². The Morgan fingerprint density at radius 3 is 2.43 bits per heavy atom. The molecule has 5 heteroatoms. The van der Waals surface area contributed by atoms with Crippen molar-refractivity contribution < 1.29 is 4.74 Å². The van der Waals surface area contributed by atoms with Crippen LogP contribution in [0.2, 0.25) is 0 Å². The molecule has 0 atom stereocenters. The second-order valence-electron chi connectivity index (χ2n) is 6.09. The molecule has 28 heavy (non-hydrogen) atoms. The lowest BCUT2D eigenvalue weighted by atomic mass is 10.2. The highest BCUT2D eigenvalue weighted by Gasteiger charge is 2.04. The molecule has 1 heterocycles. The second kappa shape index (κ2) is 8.97. The van der Waals surface area contributed by atoms with Crippen LogP contribution in [0.3, 0.4) is 0 Å². The molecule has 0 saturated carbocycles. The molecule has 0 fully saturated rings. The van der Waals surface area contributed by atoms with E-state index in [0.717, 1.165) is 33.3 Å². The van der Waals surface area contributed by atoms with Gasteiger partial charge in [-0.3, -0.25) is 5.43 Å². The summed E-state index contributed by atoms with van der Waals surface area (Å²) in [5.74, 6) is 0.793. The number of anilines is 1. The zero-order valence-corrected chi connectivity index (χ0v) is 16.0. The Balaban J connectivity index is 1.40. The number of hydrogen-bond acceptors (Lipinski definition) is 5. The molecule has 4 nitrogen and oxygen atoms in total. The van der Waals surface area contributed by atoms with Crippen molar-refractivity contribution in [2.24, 2.45) is 5.10 Å². The Bertz CT molecular complexity index is 1050. The number of hydrazone groups is 1. The van der Waals surface area contributed by atoms with Crippen molar-refractivity contribution in [2.45, 2.75) is 6.61 Å². The quantitative estimate of drug-likeness (QED) is 0.321. The topological polar surface area (TPSA) is 46.5 Å². The van der Waals surface area contributed by atoms with E-state index in [2.05, 4.69) is 15.5 Å². The van der Waals surface area contributed by atoms with Crippen LogP contribution in [0.1, 0.15) is 11.1 Å². The summed E-state index contributed by atoms with van der Waals surface area (Å²) < 4.78 is 5.96. The minimum atomic E-state index is 0.520. The van der Waals surface area contributed by atoms with Crippen LogP contribution >= 0.6 is 11.3 Å². The van der Waals surface area contributed by atoms with Gasteiger partial charge in [-0.25, -0.2) is 4.98 Å². The van der Waals surface area contributed by atoms with Gasteiger partial charge < -0.3 is 4.74 Å². The van der Waals surface area contributed by atoms with E-state index < -0.39 is 0 Å². The van der Waals surface area contributed by atoms with Gasteiger partial charge in [0.15, 0.2) is 0 Å². The van der Waals surface area contributed by atoms with Gasteiger partial charge in [0, 0.05) is 16.5 Å². The fraction of sp³-hybridized carbons (Fsp3) is 0.0435. The van der Waals surface area contributed by atoms with E-state index in [4.69, 9.17) is 4.74 Å². The van der Waals surface area contributed by atoms with Crippen LogP contribution in [0.25, 0.3) is 11.3 Å². The lowest BCUT2D eigenvalue weighted by Gasteiger charge is -2.08. The van der Waals surface area contributed by atoms with Gasteiger partial charge >= 0.3 is 0 Å². The monoisotopic (exact) mass is 385 g/mol. The summed E-state index contributed by atoms with van der Waals surface area (Å²) in [7, 11) is 0. The summed E-state index contributed by atoms with van der Waals surface area (Å²) in [6.45, 7) is 0.520. The molecule has 0 aliphatic rings. The maximum absolute atomic E-state index is 5.96. The first kappa shape index (κ1) is 17.9. The molecule has 0 aliphatic heterocycles. The van der Waals surface area contributed by atoms with Crippen molar-refractivity contribution in [3.63, 3.8) is 0 Å². The highest BCUT2D eigenvalue weighted by molar-refractivity contribution is 7.14. The van der Waals surface area contributed by atoms with Crippen molar-refractivity contribution in [1.82, 2.24) is 4.98 Å². The molecule has 0 bridgehead atoms. The molecule has 1 aromatic heterocycles. The molecular weight excluding hydrogens is 366 g/mol. The minimum Gasteiger partial charge on any atom is -0.488 e. The third kappa shape index (κ3) is 4.64. The fourth-order valence-corrected chi connectivity index (χ4v) is 3.35. The van der Waals surface area contributed by atoms with Gasteiger partial charge in [0.25, 0.3) is 0 Å². The molecule has 0 amide bonds. The summed E-state index contributed by atoms with van der Waals surface area (Å²) in [5.41, 5.74) is 7.07. The Labute approximate surface area is 168 Å². The average molecular weight is 385 g/mol.